The van der Waals surface area contributed by atoms with Crippen molar-refractivity contribution in [3.63, 3.8) is 0 Å². The number of rotatable bonds is 3. The molecule has 0 radical (unpaired) electrons. The largest absolute Gasteiger partial charge is 0.480 e. The molecule has 0 aromatic rings. The smallest absolute Gasteiger partial charge is 0.319 e. The van der Waals surface area contributed by atoms with Gasteiger partial charge < -0.3 is 10.4 Å². The van der Waals surface area contributed by atoms with Gasteiger partial charge in [0.15, 0.2) is 0 Å². The maximum Gasteiger partial charge on any atom is 0.319 e. The normalized spacial score (nSPS) is 28.1. The summed E-state index contributed by atoms with van der Waals surface area (Å²) in [5.41, 5.74) is -1.08. The molecule has 1 amide bonds. The van der Waals surface area contributed by atoms with Crippen LogP contribution in [0.4, 0.5) is 0 Å². The molecule has 2 aliphatic rings. The van der Waals surface area contributed by atoms with E-state index < -0.39 is 11.4 Å². The molecule has 0 bridgehead atoms. The monoisotopic (exact) mass is 229 g/mol. The van der Waals surface area contributed by atoms with Crippen LogP contribution in [-0.4, -0.2) is 34.5 Å². The van der Waals surface area contributed by atoms with Gasteiger partial charge in [0.1, 0.15) is 5.41 Å². The number of aliphatic carboxylic acids is 1. The zero-order valence-corrected chi connectivity index (χ0v) is 9.31. The fourth-order valence-corrected chi connectivity index (χ4v) is 2.91. The second-order valence-electron chi connectivity index (χ2n) is 4.27. The van der Waals surface area contributed by atoms with E-state index in [1.165, 1.54) is 0 Å². The summed E-state index contributed by atoms with van der Waals surface area (Å²) < 4.78 is 0. The number of carbonyl (C=O) groups is 2. The van der Waals surface area contributed by atoms with Crippen molar-refractivity contribution in [2.45, 2.75) is 31.7 Å². The predicted octanol–water partition coefficient (Wildman–Crippen LogP) is 0.863. The third-order valence-corrected chi connectivity index (χ3v) is 4.30. The number of thioether (sulfide) groups is 1. The standard InChI is InChI=1S/C10H15NO3S/c12-8(10(3-4-10)9(13)14)11-7-2-1-5-15-6-7/h7H,1-6H2,(H,11,12)(H,13,14). The van der Waals surface area contributed by atoms with E-state index >= 15 is 0 Å². The van der Waals surface area contributed by atoms with Gasteiger partial charge in [-0.3, -0.25) is 9.59 Å². The lowest BCUT2D eigenvalue weighted by Gasteiger charge is -2.24. The first-order chi connectivity index (χ1) is 7.15. The Balaban J connectivity index is 1.89. The number of hydrogen-bond acceptors (Lipinski definition) is 3. The van der Waals surface area contributed by atoms with Crippen LogP contribution in [0.1, 0.15) is 25.7 Å². The molecule has 0 aromatic carbocycles. The molecule has 1 aliphatic carbocycles. The van der Waals surface area contributed by atoms with Gasteiger partial charge in [-0.2, -0.15) is 11.8 Å². The molecule has 1 unspecified atom stereocenters. The van der Waals surface area contributed by atoms with E-state index in [0.29, 0.717) is 12.8 Å². The maximum atomic E-state index is 11.7. The van der Waals surface area contributed by atoms with Crippen molar-refractivity contribution in [2.24, 2.45) is 5.41 Å². The van der Waals surface area contributed by atoms with E-state index in [-0.39, 0.29) is 11.9 Å². The average Bonchev–Trinajstić information content (AvgIpc) is 2.99. The first kappa shape index (κ1) is 10.8. The van der Waals surface area contributed by atoms with E-state index in [9.17, 15) is 9.59 Å². The first-order valence-electron chi connectivity index (χ1n) is 5.27. The van der Waals surface area contributed by atoms with E-state index in [1.807, 2.05) is 11.8 Å². The molecule has 2 fully saturated rings. The molecule has 2 N–H and O–H groups in total. The Kier molecular flexibility index (Phi) is 2.91. The fourth-order valence-electron chi connectivity index (χ4n) is 1.84. The number of nitrogens with one attached hydrogen (secondary N) is 1. The molecule has 0 spiro atoms. The molecular formula is C10H15NO3S. The van der Waals surface area contributed by atoms with Gasteiger partial charge in [0.2, 0.25) is 5.91 Å². The summed E-state index contributed by atoms with van der Waals surface area (Å²) in [6.07, 6.45) is 3.08. The Labute approximate surface area is 92.8 Å². The Hall–Kier alpha value is -0.710. The number of amides is 1. The van der Waals surface area contributed by atoms with Crippen molar-refractivity contribution >= 4 is 23.6 Å². The van der Waals surface area contributed by atoms with Crippen LogP contribution in [-0.2, 0) is 9.59 Å². The van der Waals surface area contributed by atoms with Gasteiger partial charge in [-0.1, -0.05) is 0 Å². The Morgan fingerprint density at radius 2 is 2.13 bits per heavy atom. The van der Waals surface area contributed by atoms with Gasteiger partial charge in [-0.25, -0.2) is 0 Å². The Bertz CT molecular complexity index is 282. The highest BCUT2D eigenvalue weighted by molar-refractivity contribution is 7.99. The van der Waals surface area contributed by atoms with Crippen LogP contribution in [0.25, 0.3) is 0 Å². The SMILES string of the molecule is O=C(O)C1(C(=O)NC2CCCSC2)CC1. The lowest BCUT2D eigenvalue weighted by Crippen LogP contribution is -2.44. The minimum atomic E-state index is -1.08. The van der Waals surface area contributed by atoms with Crippen LogP contribution < -0.4 is 5.32 Å². The number of hydrogen-bond donors (Lipinski definition) is 2. The Morgan fingerprint density at radius 3 is 2.60 bits per heavy atom. The van der Waals surface area contributed by atoms with Crippen LogP contribution >= 0.6 is 11.8 Å². The molecule has 1 aliphatic heterocycles. The van der Waals surface area contributed by atoms with Crippen molar-refractivity contribution < 1.29 is 14.7 Å². The molecule has 1 heterocycles. The molecule has 1 atom stereocenters. The second kappa shape index (κ2) is 4.04. The van der Waals surface area contributed by atoms with E-state index in [2.05, 4.69) is 5.32 Å². The summed E-state index contributed by atoms with van der Waals surface area (Å²) in [7, 11) is 0. The fraction of sp³-hybridized carbons (Fsp3) is 0.800. The van der Waals surface area contributed by atoms with Gasteiger partial charge in [-0.05, 0) is 31.4 Å². The van der Waals surface area contributed by atoms with Gasteiger partial charge in [0.25, 0.3) is 0 Å². The summed E-state index contributed by atoms with van der Waals surface area (Å²) in [6, 6.07) is 0.174. The van der Waals surface area contributed by atoms with Crippen LogP contribution in [0, 0.1) is 5.41 Å². The second-order valence-corrected chi connectivity index (χ2v) is 5.42. The maximum absolute atomic E-state index is 11.7. The van der Waals surface area contributed by atoms with Gasteiger partial charge in [0.05, 0.1) is 0 Å². The highest BCUT2D eigenvalue weighted by atomic mass is 32.2. The molecule has 1 saturated carbocycles. The first-order valence-corrected chi connectivity index (χ1v) is 6.43. The van der Waals surface area contributed by atoms with Crippen molar-refractivity contribution in [1.82, 2.24) is 5.32 Å². The summed E-state index contributed by atoms with van der Waals surface area (Å²) in [4.78, 5) is 22.6. The third-order valence-electron chi connectivity index (χ3n) is 3.09. The molecule has 1 saturated heterocycles. The predicted molar refractivity (Wildman–Crippen MR) is 57.8 cm³/mol. The lowest BCUT2D eigenvalue weighted by atomic mass is 10.1. The molecule has 4 nitrogen and oxygen atoms in total. The van der Waals surface area contributed by atoms with Crippen LogP contribution in [0.3, 0.4) is 0 Å². The van der Waals surface area contributed by atoms with Crippen molar-refractivity contribution in [3.05, 3.63) is 0 Å². The number of carboxylic acids is 1. The molecule has 5 heteroatoms. The molecule has 84 valence electrons. The quantitative estimate of drug-likeness (QED) is 0.704. The lowest BCUT2D eigenvalue weighted by molar-refractivity contribution is -0.149. The molecule has 0 aromatic heterocycles. The summed E-state index contributed by atoms with van der Waals surface area (Å²) in [5.74, 6) is 0.823. The zero-order valence-electron chi connectivity index (χ0n) is 8.49. The van der Waals surface area contributed by atoms with Crippen molar-refractivity contribution in [1.29, 1.82) is 0 Å². The Morgan fingerprint density at radius 1 is 1.40 bits per heavy atom. The van der Waals surface area contributed by atoms with Gasteiger partial charge in [0, 0.05) is 11.8 Å². The topological polar surface area (TPSA) is 66.4 Å². The van der Waals surface area contributed by atoms with Crippen LogP contribution in [0.15, 0.2) is 0 Å². The van der Waals surface area contributed by atoms with E-state index in [4.69, 9.17) is 5.11 Å². The van der Waals surface area contributed by atoms with Crippen LogP contribution in [0.5, 0.6) is 0 Å². The highest BCUT2D eigenvalue weighted by Crippen LogP contribution is 2.46. The van der Waals surface area contributed by atoms with Crippen LogP contribution in [0.2, 0.25) is 0 Å². The van der Waals surface area contributed by atoms with Crippen molar-refractivity contribution in [2.75, 3.05) is 11.5 Å². The summed E-state index contributed by atoms with van der Waals surface area (Å²) in [5, 5.41) is 11.8. The molecule has 15 heavy (non-hydrogen) atoms. The van der Waals surface area contributed by atoms with E-state index in [1.54, 1.807) is 0 Å². The molecule has 2 rings (SSSR count). The van der Waals surface area contributed by atoms with E-state index in [0.717, 1.165) is 24.3 Å². The average molecular weight is 229 g/mol. The van der Waals surface area contributed by atoms with Crippen molar-refractivity contribution in [3.8, 4) is 0 Å². The summed E-state index contributed by atoms with van der Waals surface area (Å²) in [6.45, 7) is 0. The minimum absolute atomic E-state index is 0.174. The number of carbonyl (C=O) groups excluding carboxylic acids is 1. The zero-order chi connectivity index (χ0) is 10.9. The van der Waals surface area contributed by atoms with Gasteiger partial charge in [-0.15, -0.1) is 0 Å². The summed E-state index contributed by atoms with van der Waals surface area (Å²) >= 11 is 1.82. The van der Waals surface area contributed by atoms with Gasteiger partial charge >= 0.3 is 5.97 Å². The highest BCUT2D eigenvalue weighted by Gasteiger charge is 2.57. The number of carboxylic acid groups (broad SMARTS) is 1. The third kappa shape index (κ3) is 2.12. The molecular weight excluding hydrogens is 214 g/mol. The minimum Gasteiger partial charge on any atom is -0.480 e.